The van der Waals surface area contributed by atoms with Crippen molar-refractivity contribution in [1.29, 1.82) is 0 Å². The molecule has 3 aromatic rings. The number of amides is 1. The van der Waals surface area contributed by atoms with Gasteiger partial charge in [0.05, 0.1) is 5.56 Å². The summed E-state index contributed by atoms with van der Waals surface area (Å²) in [6.07, 6.45) is -1.13. The number of hydrogen-bond acceptors (Lipinski definition) is 4. The fraction of sp³-hybridized carbons (Fsp3) is 0.125. The average Bonchev–Trinajstić information content (AvgIpc) is 2.73. The molecule has 0 bridgehead atoms. The minimum atomic E-state index is -1.13. The zero-order valence-electron chi connectivity index (χ0n) is 16.2. The van der Waals surface area contributed by atoms with E-state index in [1.54, 1.807) is 73.7 Å². The molecule has 0 aliphatic heterocycles. The van der Waals surface area contributed by atoms with Crippen LogP contribution in [0.15, 0.2) is 78.9 Å². The molecular formula is C24H21NO4. The summed E-state index contributed by atoms with van der Waals surface area (Å²) in [6.45, 7) is 3.26. The minimum Gasteiger partial charge on any atom is -0.444 e. The van der Waals surface area contributed by atoms with Crippen LogP contribution in [-0.4, -0.2) is 17.7 Å². The molecule has 5 heteroatoms. The van der Waals surface area contributed by atoms with Crippen molar-refractivity contribution in [3.63, 3.8) is 0 Å². The number of benzene rings is 3. The Morgan fingerprint density at radius 1 is 0.862 bits per heavy atom. The molecule has 1 atom stereocenters. The number of esters is 1. The number of carbonyl (C=O) groups excluding carboxylic acids is 3. The van der Waals surface area contributed by atoms with E-state index in [1.165, 1.54) is 6.92 Å². The molecule has 0 fully saturated rings. The van der Waals surface area contributed by atoms with Gasteiger partial charge in [-0.1, -0.05) is 60.7 Å². The molecule has 0 aliphatic carbocycles. The SMILES string of the molecule is CC(=O)c1cccc(NC(=O)[C@H](OC(=O)c2ccccc2C)c2ccccc2)c1. The average molecular weight is 387 g/mol. The van der Waals surface area contributed by atoms with Gasteiger partial charge < -0.3 is 10.1 Å². The van der Waals surface area contributed by atoms with E-state index in [0.29, 0.717) is 22.4 Å². The van der Waals surface area contributed by atoms with Crippen molar-refractivity contribution >= 4 is 23.3 Å². The molecule has 0 saturated heterocycles. The molecule has 0 spiro atoms. The number of ether oxygens (including phenoxy) is 1. The van der Waals surface area contributed by atoms with Crippen LogP contribution in [-0.2, 0) is 9.53 Å². The first kappa shape index (κ1) is 20.0. The third-order valence-corrected chi connectivity index (χ3v) is 4.47. The lowest BCUT2D eigenvalue weighted by atomic mass is 10.1. The number of ketones is 1. The largest absolute Gasteiger partial charge is 0.444 e. The van der Waals surface area contributed by atoms with Gasteiger partial charge in [-0.25, -0.2) is 4.79 Å². The monoisotopic (exact) mass is 387 g/mol. The highest BCUT2D eigenvalue weighted by Gasteiger charge is 2.26. The molecule has 0 radical (unpaired) electrons. The van der Waals surface area contributed by atoms with Crippen molar-refractivity contribution in [2.75, 3.05) is 5.32 Å². The Hall–Kier alpha value is -3.73. The standard InChI is InChI=1S/C24H21NO4/c1-16-9-6-7-14-21(16)24(28)29-22(18-10-4-3-5-11-18)23(27)25-20-13-8-12-19(15-20)17(2)26/h3-15,22H,1-2H3,(H,25,27)/t22-/m1/s1. The first-order valence-corrected chi connectivity index (χ1v) is 9.19. The van der Waals surface area contributed by atoms with Gasteiger partial charge in [0.15, 0.2) is 5.78 Å². The van der Waals surface area contributed by atoms with E-state index in [-0.39, 0.29) is 5.78 Å². The van der Waals surface area contributed by atoms with Crippen LogP contribution in [0.2, 0.25) is 0 Å². The van der Waals surface area contributed by atoms with Gasteiger partial charge in [-0.05, 0) is 37.6 Å². The zero-order valence-corrected chi connectivity index (χ0v) is 16.2. The summed E-state index contributed by atoms with van der Waals surface area (Å²) < 4.78 is 5.60. The maximum atomic E-state index is 13.0. The lowest BCUT2D eigenvalue weighted by Crippen LogP contribution is -2.26. The van der Waals surface area contributed by atoms with E-state index in [2.05, 4.69) is 5.32 Å². The third-order valence-electron chi connectivity index (χ3n) is 4.47. The molecule has 3 aromatic carbocycles. The fourth-order valence-electron chi connectivity index (χ4n) is 2.90. The van der Waals surface area contributed by atoms with Crippen LogP contribution in [0.5, 0.6) is 0 Å². The molecule has 0 heterocycles. The molecule has 146 valence electrons. The summed E-state index contributed by atoms with van der Waals surface area (Å²) in [5.74, 6) is -1.19. The van der Waals surface area contributed by atoms with Gasteiger partial charge >= 0.3 is 5.97 Å². The second-order valence-electron chi connectivity index (χ2n) is 6.64. The third kappa shape index (κ3) is 4.96. The molecule has 0 unspecified atom stereocenters. The van der Waals surface area contributed by atoms with Crippen molar-refractivity contribution in [1.82, 2.24) is 0 Å². The normalized spacial score (nSPS) is 11.4. The van der Waals surface area contributed by atoms with Crippen molar-refractivity contribution in [3.8, 4) is 0 Å². The van der Waals surface area contributed by atoms with E-state index in [9.17, 15) is 14.4 Å². The van der Waals surface area contributed by atoms with E-state index >= 15 is 0 Å². The number of nitrogens with one attached hydrogen (secondary N) is 1. The number of anilines is 1. The molecule has 1 amide bonds. The molecule has 0 saturated carbocycles. The first-order chi connectivity index (χ1) is 14.0. The van der Waals surface area contributed by atoms with Crippen LogP contribution in [0.3, 0.4) is 0 Å². The lowest BCUT2D eigenvalue weighted by molar-refractivity contribution is -0.125. The number of carbonyl (C=O) groups is 3. The molecule has 29 heavy (non-hydrogen) atoms. The van der Waals surface area contributed by atoms with Gasteiger partial charge in [-0.2, -0.15) is 0 Å². The number of hydrogen-bond donors (Lipinski definition) is 1. The topological polar surface area (TPSA) is 72.5 Å². The van der Waals surface area contributed by atoms with Crippen LogP contribution < -0.4 is 5.32 Å². The molecule has 5 nitrogen and oxygen atoms in total. The second kappa shape index (κ2) is 8.97. The highest BCUT2D eigenvalue weighted by molar-refractivity contribution is 6.00. The Bertz CT molecular complexity index is 1040. The summed E-state index contributed by atoms with van der Waals surface area (Å²) in [7, 11) is 0. The zero-order chi connectivity index (χ0) is 20.8. The van der Waals surface area contributed by atoms with Crippen LogP contribution in [0.4, 0.5) is 5.69 Å². The fourth-order valence-corrected chi connectivity index (χ4v) is 2.90. The predicted molar refractivity (Wildman–Crippen MR) is 111 cm³/mol. The quantitative estimate of drug-likeness (QED) is 0.490. The van der Waals surface area contributed by atoms with Crippen LogP contribution in [0.1, 0.15) is 44.9 Å². The molecular weight excluding hydrogens is 366 g/mol. The maximum absolute atomic E-state index is 13.0. The molecule has 0 aliphatic rings. The van der Waals surface area contributed by atoms with E-state index < -0.39 is 18.0 Å². The summed E-state index contributed by atoms with van der Waals surface area (Å²) in [4.78, 5) is 37.3. The van der Waals surface area contributed by atoms with Gasteiger partial charge in [0, 0.05) is 16.8 Å². The highest BCUT2D eigenvalue weighted by atomic mass is 16.5. The van der Waals surface area contributed by atoms with Crippen LogP contribution >= 0.6 is 0 Å². The molecule has 3 rings (SSSR count). The first-order valence-electron chi connectivity index (χ1n) is 9.19. The summed E-state index contributed by atoms with van der Waals surface area (Å²) in [5.41, 5.74) is 2.65. The number of rotatable bonds is 6. The van der Waals surface area contributed by atoms with Gasteiger partial charge in [0.2, 0.25) is 6.10 Å². The van der Waals surface area contributed by atoms with E-state index in [4.69, 9.17) is 4.74 Å². The van der Waals surface area contributed by atoms with E-state index in [1.807, 2.05) is 12.1 Å². The lowest BCUT2D eigenvalue weighted by Gasteiger charge is -2.19. The van der Waals surface area contributed by atoms with Gasteiger partial charge in [0.1, 0.15) is 0 Å². The van der Waals surface area contributed by atoms with Crippen molar-refractivity contribution in [2.24, 2.45) is 0 Å². The Morgan fingerprint density at radius 2 is 1.55 bits per heavy atom. The van der Waals surface area contributed by atoms with Gasteiger partial charge in [-0.3, -0.25) is 9.59 Å². The molecule has 1 N–H and O–H groups in total. The van der Waals surface area contributed by atoms with Crippen LogP contribution in [0, 0.1) is 6.92 Å². The Kier molecular flexibility index (Phi) is 6.19. The molecule has 0 aromatic heterocycles. The predicted octanol–water partition coefficient (Wildman–Crippen LogP) is 4.73. The Balaban J connectivity index is 1.87. The highest BCUT2D eigenvalue weighted by Crippen LogP contribution is 2.23. The van der Waals surface area contributed by atoms with Gasteiger partial charge in [-0.15, -0.1) is 0 Å². The Labute approximate surface area is 169 Å². The van der Waals surface area contributed by atoms with Crippen molar-refractivity contribution in [2.45, 2.75) is 20.0 Å². The minimum absolute atomic E-state index is 0.105. The summed E-state index contributed by atoms with van der Waals surface area (Å²) >= 11 is 0. The smallest absolute Gasteiger partial charge is 0.339 e. The van der Waals surface area contributed by atoms with Gasteiger partial charge in [0.25, 0.3) is 5.91 Å². The van der Waals surface area contributed by atoms with E-state index in [0.717, 1.165) is 5.56 Å². The number of Topliss-reactive ketones (excluding diaryl/α,β-unsaturated/α-hetero) is 1. The van der Waals surface area contributed by atoms with Crippen LogP contribution in [0.25, 0.3) is 0 Å². The number of aryl methyl sites for hydroxylation is 1. The summed E-state index contributed by atoms with van der Waals surface area (Å²) in [6, 6.07) is 22.5. The summed E-state index contributed by atoms with van der Waals surface area (Å²) in [5, 5.41) is 2.74. The van der Waals surface area contributed by atoms with Crippen molar-refractivity contribution in [3.05, 3.63) is 101 Å². The van der Waals surface area contributed by atoms with Crippen molar-refractivity contribution < 1.29 is 19.1 Å². The second-order valence-corrected chi connectivity index (χ2v) is 6.64. The Morgan fingerprint density at radius 3 is 2.24 bits per heavy atom. The maximum Gasteiger partial charge on any atom is 0.339 e.